The molecular weight excluding hydrogens is 312 g/mol. The van der Waals surface area contributed by atoms with Crippen LogP contribution in [-0.4, -0.2) is 24.2 Å². The van der Waals surface area contributed by atoms with Gasteiger partial charge in [-0.1, -0.05) is 34.0 Å². The molecule has 0 saturated heterocycles. The number of ether oxygens (including phenoxy) is 1. The maximum atomic E-state index is 5.57. The highest BCUT2D eigenvalue weighted by Crippen LogP contribution is 2.23. The molecule has 0 aliphatic carbocycles. The summed E-state index contributed by atoms with van der Waals surface area (Å²) in [5.41, 5.74) is 0. The molecule has 5 nitrogen and oxygen atoms in total. The summed E-state index contributed by atoms with van der Waals surface area (Å²) in [4.78, 5) is 8.77. The molecule has 0 spiro atoms. The van der Waals surface area contributed by atoms with Crippen LogP contribution in [0.4, 0.5) is 0 Å². The fraction of sp³-hybridized carbons (Fsp3) is 0.167. The number of rotatable bonds is 2. The van der Waals surface area contributed by atoms with Gasteiger partial charge in [-0.15, -0.1) is 4.57 Å². The zero-order valence-corrected chi connectivity index (χ0v) is 12.7. The molecule has 0 radical (unpaired) electrons. The van der Waals surface area contributed by atoms with Crippen LogP contribution < -0.4 is 9.13 Å². The topological polar surface area (TPSA) is 42.2 Å². The van der Waals surface area contributed by atoms with Crippen molar-refractivity contribution in [3.05, 3.63) is 34.7 Å². The molecule has 0 bridgehead atoms. The molecule has 0 aromatic carbocycles. The number of thiazole rings is 3. The van der Waals surface area contributed by atoms with E-state index in [0.29, 0.717) is 12.6 Å². The Hall–Kier alpha value is -1.64. The van der Waals surface area contributed by atoms with Gasteiger partial charge in [0.15, 0.2) is 12.7 Å². The van der Waals surface area contributed by atoms with Crippen LogP contribution in [-0.2, 0) is 4.74 Å². The molecule has 3 aromatic heterocycles. The van der Waals surface area contributed by atoms with Gasteiger partial charge < -0.3 is 4.74 Å². The molecule has 0 atom stereocenters. The van der Waals surface area contributed by atoms with Crippen LogP contribution >= 0.6 is 34.0 Å². The second-order valence-corrected chi connectivity index (χ2v) is 6.65. The maximum Gasteiger partial charge on any atom is 0.499 e. The lowest BCUT2D eigenvalue weighted by Crippen LogP contribution is -2.45. The average molecular weight is 322 g/mol. The maximum absolute atomic E-state index is 5.57. The van der Waals surface area contributed by atoms with E-state index in [0.717, 1.165) is 21.7 Å². The van der Waals surface area contributed by atoms with Crippen LogP contribution in [0, 0.1) is 0 Å². The Bertz CT molecular complexity index is 759. The van der Waals surface area contributed by atoms with Gasteiger partial charge in [-0.25, -0.2) is 0 Å². The predicted molar refractivity (Wildman–Crippen MR) is 78.7 cm³/mol. The zero-order valence-electron chi connectivity index (χ0n) is 10.3. The van der Waals surface area contributed by atoms with E-state index >= 15 is 0 Å². The Kier molecular flexibility index (Phi) is 3.06. The molecule has 1 aliphatic rings. The van der Waals surface area contributed by atoms with Crippen LogP contribution in [0.5, 0.6) is 0 Å². The minimum Gasteiger partial charge on any atom is -0.424 e. The molecule has 8 heteroatoms. The van der Waals surface area contributed by atoms with Gasteiger partial charge in [-0.2, -0.15) is 4.57 Å². The van der Waals surface area contributed by atoms with Crippen molar-refractivity contribution in [2.45, 2.75) is 0 Å². The summed E-state index contributed by atoms with van der Waals surface area (Å²) in [5, 5.41) is 9.31. The van der Waals surface area contributed by atoms with Gasteiger partial charge in [0.1, 0.15) is 19.0 Å². The number of nitrogens with zero attached hydrogens (tertiary/aromatic N) is 4. The molecular formula is C12H10N4OS3+2. The Balaban J connectivity index is 1.83. The number of hydrogen-bond acceptors (Lipinski definition) is 6. The molecule has 3 aromatic rings. The second-order valence-electron chi connectivity index (χ2n) is 3.98. The summed E-state index contributed by atoms with van der Waals surface area (Å²) in [6.45, 7) is 1.39. The number of hydrogen-bond donors (Lipinski definition) is 0. The summed E-state index contributed by atoms with van der Waals surface area (Å²) >= 11 is 4.98. The quantitative estimate of drug-likeness (QED) is 0.674. The van der Waals surface area contributed by atoms with Crippen LogP contribution in [0.1, 0.15) is 0 Å². The smallest absolute Gasteiger partial charge is 0.424 e. The molecule has 100 valence electrons. The van der Waals surface area contributed by atoms with E-state index in [2.05, 4.69) is 19.9 Å². The average Bonchev–Trinajstić information content (AvgIpc) is 3.23. The van der Waals surface area contributed by atoms with Crippen LogP contribution in [0.3, 0.4) is 0 Å². The summed E-state index contributed by atoms with van der Waals surface area (Å²) in [7, 11) is 0. The number of aromatic nitrogens is 3. The summed E-state index contributed by atoms with van der Waals surface area (Å²) < 4.78 is 9.68. The van der Waals surface area contributed by atoms with Crippen LogP contribution in [0.2, 0.25) is 0 Å². The van der Waals surface area contributed by atoms with E-state index in [9.17, 15) is 0 Å². The Morgan fingerprint density at radius 3 is 2.50 bits per heavy atom. The van der Waals surface area contributed by atoms with Gasteiger partial charge in [0, 0.05) is 16.1 Å². The monoisotopic (exact) mass is 322 g/mol. The van der Waals surface area contributed by atoms with Crippen molar-refractivity contribution in [2.24, 2.45) is 4.99 Å². The first-order valence-corrected chi connectivity index (χ1v) is 8.63. The van der Waals surface area contributed by atoms with E-state index in [1.54, 1.807) is 34.0 Å². The standard InChI is InChI=1S/C12H10N4OS3/c1-5-17-11(13-1)15-3-7-18-9(15)10-16(4-8-19-10)12-14-2-6-20-12/h2-4,6-8H,1,5H2/q+2. The Morgan fingerprint density at radius 2 is 1.80 bits per heavy atom. The molecule has 1 aliphatic heterocycles. The first kappa shape index (κ1) is 12.1. The highest BCUT2D eigenvalue weighted by molar-refractivity contribution is 7.19. The predicted octanol–water partition coefficient (Wildman–Crippen LogP) is 1.73. The summed E-state index contributed by atoms with van der Waals surface area (Å²) in [6, 6.07) is 0.681. The van der Waals surface area contributed by atoms with Gasteiger partial charge in [-0.3, -0.25) is 0 Å². The van der Waals surface area contributed by atoms with E-state index in [-0.39, 0.29) is 0 Å². The fourth-order valence-corrected chi connectivity index (χ4v) is 4.49. The van der Waals surface area contributed by atoms with Crippen molar-refractivity contribution in [3.63, 3.8) is 0 Å². The molecule has 4 rings (SSSR count). The van der Waals surface area contributed by atoms with Crippen molar-refractivity contribution in [1.29, 1.82) is 0 Å². The molecule has 0 fully saturated rings. The second kappa shape index (κ2) is 5.04. The van der Waals surface area contributed by atoms with Crippen LogP contribution in [0.15, 0.2) is 39.7 Å². The lowest BCUT2D eigenvalue weighted by Gasteiger charge is -1.97. The van der Waals surface area contributed by atoms with Crippen molar-refractivity contribution in [3.8, 4) is 15.1 Å². The highest BCUT2D eigenvalue weighted by atomic mass is 32.1. The van der Waals surface area contributed by atoms with Crippen molar-refractivity contribution in [1.82, 2.24) is 4.98 Å². The van der Waals surface area contributed by atoms with E-state index in [1.165, 1.54) is 0 Å². The van der Waals surface area contributed by atoms with Gasteiger partial charge in [0.05, 0.1) is 0 Å². The fourth-order valence-electron chi connectivity index (χ4n) is 1.97. The first-order chi connectivity index (χ1) is 9.93. The summed E-state index contributed by atoms with van der Waals surface area (Å²) in [5.74, 6) is 0. The zero-order chi connectivity index (χ0) is 13.4. The lowest BCUT2D eigenvalue weighted by atomic mass is 10.6. The minimum atomic E-state index is 0.661. The van der Waals surface area contributed by atoms with Gasteiger partial charge in [0.25, 0.3) is 0 Å². The molecule has 0 saturated carbocycles. The molecule has 0 unspecified atom stereocenters. The minimum absolute atomic E-state index is 0.661. The Morgan fingerprint density at radius 1 is 1.00 bits per heavy atom. The first-order valence-electron chi connectivity index (χ1n) is 5.99. The summed E-state index contributed by atoms with van der Waals surface area (Å²) in [6.07, 6.45) is 5.86. The number of aliphatic imine (C=N–C) groups is 1. The largest absolute Gasteiger partial charge is 0.499 e. The van der Waals surface area contributed by atoms with Crippen LogP contribution in [0.25, 0.3) is 15.1 Å². The third-order valence-electron chi connectivity index (χ3n) is 2.80. The molecule has 0 N–H and O–H groups in total. The van der Waals surface area contributed by atoms with Gasteiger partial charge in [0.2, 0.25) is 10.0 Å². The van der Waals surface area contributed by atoms with Crippen molar-refractivity contribution in [2.75, 3.05) is 13.2 Å². The molecule has 0 amide bonds. The highest BCUT2D eigenvalue weighted by Gasteiger charge is 2.30. The van der Waals surface area contributed by atoms with E-state index in [4.69, 9.17) is 4.74 Å². The van der Waals surface area contributed by atoms with E-state index < -0.39 is 0 Å². The third-order valence-corrected chi connectivity index (χ3v) is 5.44. The molecule has 4 heterocycles. The normalized spacial score (nSPS) is 14.3. The Labute approximate surface area is 127 Å². The lowest BCUT2D eigenvalue weighted by molar-refractivity contribution is -0.599. The molecule has 20 heavy (non-hydrogen) atoms. The van der Waals surface area contributed by atoms with Gasteiger partial charge >= 0.3 is 11.2 Å². The van der Waals surface area contributed by atoms with Crippen molar-refractivity contribution < 1.29 is 13.9 Å². The SMILES string of the molecule is c1csc(-[n+]2ccsc2-c2scc[n+]2C2=NCCO2)n1. The van der Waals surface area contributed by atoms with Gasteiger partial charge in [-0.05, 0) is 9.98 Å². The van der Waals surface area contributed by atoms with Crippen molar-refractivity contribution >= 4 is 40.0 Å². The third kappa shape index (κ3) is 1.96. The van der Waals surface area contributed by atoms with E-state index in [1.807, 2.05) is 33.9 Å².